The van der Waals surface area contributed by atoms with E-state index >= 15 is 0 Å². The van der Waals surface area contributed by atoms with Crippen LogP contribution >= 0.6 is 0 Å². The van der Waals surface area contributed by atoms with Crippen LogP contribution in [0, 0.1) is 11.2 Å². The number of likely N-dealkylation sites (tertiary alicyclic amines) is 2. The van der Waals surface area contributed by atoms with Crippen LogP contribution in [0.3, 0.4) is 0 Å². The molecule has 0 radical (unpaired) electrons. The molecule has 2 fully saturated rings. The predicted molar refractivity (Wildman–Crippen MR) is 123 cm³/mol. The van der Waals surface area contributed by atoms with Gasteiger partial charge in [-0.3, -0.25) is 14.6 Å². The van der Waals surface area contributed by atoms with Gasteiger partial charge in [0.25, 0.3) is 0 Å². The van der Waals surface area contributed by atoms with Gasteiger partial charge in [-0.15, -0.1) is 0 Å². The van der Waals surface area contributed by atoms with E-state index in [4.69, 9.17) is 9.72 Å². The molecule has 0 saturated carbocycles. The standard InChI is InChI=1S/C26H32FN3O3/c1-26(12-15-29(16-13-26)24(31)18-33-2)25(32)30-14-6-11-23(30)22-10-5-8-20(28-22)17-19-7-3-4-9-21(19)27/h3-5,7-10,23H,6,11-18H2,1-2H3/t23-/m1/s1. The first-order valence-corrected chi connectivity index (χ1v) is 11.7. The average Bonchev–Trinajstić information content (AvgIpc) is 3.31. The van der Waals surface area contributed by atoms with Gasteiger partial charge >= 0.3 is 0 Å². The molecule has 176 valence electrons. The monoisotopic (exact) mass is 453 g/mol. The van der Waals surface area contributed by atoms with Gasteiger partial charge in [0.1, 0.15) is 12.4 Å². The molecule has 1 atom stereocenters. The fourth-order valence-corrected chi connectivity index (χ4v) is 4.96. The van der Waals surface area contributed by atoms with Gasteiger partial charge in [-0.05, 0) is 49.4 Å². The van der Waals surface area contributed by atoms with Crippen LogP contribution < -0.4 is 0 Å². The number of aromatic nitrogens is 1. The largest absolute Gasteiger partial charge is 0.375 e. The number of benzene rings is 1. The number of halogens is 1. The summed E-state index contributed by atoms with van der Waals surface area (Å²) in [7, 11) is 1.52. The van der Waals surface area contributed by atoms with Crippen LogP contribution in [0.4, 0.5) is 4.39 Å². The number of nitrogens with zero attached hydrogens (tertiary/aromatic N) is 3. The molecule has 0 bridgehead atoms. The van der Waals surface area contributed by atoms with Crippen LogP contribution in [-0.4, -0.2) is 59.9 Å². The summed E-state index contributed by atoms with van der Waals surface area (Å²) in [5.41, 5.74) is 1.79. The summed E-state index contributed by atoms with van der Waals surface area (Å²) in [6, 6.07) is 12.5. The van der Waals surface area contributed by atoms with Crippen LogP contribution in [-0.2, 0) is 20.7 Å². The van der Waals surface area contributed by atoms with Gasteiger partial charge in [-0.1, -0.05) is 31.2 Å². The van der Waals surface area contributed by atoms with E-state index in [9.17, 15) is 14.0 Å². The molecule has 2 aliphatic rings. The molecule has 0 unspecified atom stereocenters. The molecule has 0 spiro atoms. The number of hydrogen-bond acceptors (Lipinski definition) is 4. The molecule has 2 aromatic rings. The van der Waals surface area contributed by atoms with E-state index in [2.05, 4.69) is 0 Å². The number of hydrogen-bond donors (Lipinski definition) is 0. The van der Waals surface area contributed by atoms with E-state index < -0.39 is 5.41 Å². The number of rotatable bonds is 6. The third-order valence-corrected chi connectivity index (χ3v) is 7.02. The Morgan fingerprint density at radius 2 is 1.88 bits per heavy atom. The lowest BCUT2D eigenvalue weighted by Crippen LogP contribution is -2.50. The van der Waals surface area contributed by atoms with Gasteiger partial charge < -0.3 is 14.5 Å². The summed E-state index contributed by atoms with van der Waals surface area (Å²) in [5, 5.41) is 0. The molecule has 0 N–H and O–H groups in total. The van der Waals surface area contributed by atoms with Crippen LogP contribution in [0.5, 0.6) is 0 Å². The molecule has 6 nitrogen and oxygen atoms in total. The van der Waals surface area contributed by atoms with Crippen molar-refractivity contribution in [2.24, 2.45) is 5.41 Å². The lowest BCUT2D eigenvalue weighted by molar-refractivity contribution is -0.149. The molecular weight excluding hydrogens is 421 g/mol. The van der Waals surface area contributed by atoms with E-state index in [0.717, 1.165) is 24.2 Å². The second-order valence-electron chi connectivity index (χ2n) is 9.35. The second-order valence-corrected chi connectivity index (χ2v) is 9.35. The Hall–Kier alpha value is -2.80. The molecule has 4 rings (SSSR count). The number of ether oxygens (including phenoxy) is 1. The minimum Gasteiger partial charge on any atom is -0.375 e. The number of methoxy groups -OCH3 is 1. The van der Waals surface area contributed by atoms with Gasteiger partial charge in [0.15, 0.2) is 0 Å². The van der Waals surface area contributed by atoms with Crippen molar-refractivity contribution in [3.63, 3.8) is 0 Å². The fourth-order valence-electron chi connectivity index (χ4n) is 4.96. The van der Waals surface area contributed by atoms with Crippen LogP contribution in [0.25, 0.3) is 0 Å². The molecule has 1 aromatic carbocycles. The summed E-state index contributed by atoms with van der Waals surface area (Å²) < 4.78 is 19.1. The highest BCUT2D eigenvalue weighted by atomic mass is 19.1. The van der Waals surface area contributed by atoms with Crippen molar-refractivity contribution >= 4 is 11.8 Å². The van der Waals surface area contributed by atoms with E-state index in [1.807, 2.05) is 36.1 Å². The van der Waals surface area contributed by atoms with Crippen molar-refractivity contribution in [2.75, 3.05) is 33.4 Å². The molecular formula is C26H32FN3O3. The SMILES string of the molecule is COCC(=O)N1CCC(C)(C(=O)N2CCC[C@@H]2c2cccc(Cc3ccccc3F)n2)CC1. The van der Waals surface area contributed by atoms with Gasteiger partial charge in [-0.2, -0.15) is 0 Å². The number of carbonyl (C=O) groups is 2. The van der Waals surface area contributed by atoms with Gasteiger partial charge in [0, 0.05) is 44.3 Å². The van der Waals surface area contributed by atoms with Crippen molar-refractivity contribution in [3.8, 4) is 0 Å². The average molecular weight is 454 g/mol. The Balaban J connectivity index is 1.46. The maximum Gasteiger partial charge on any atom is 0.248 e. The third kappa shape index (κ3) is 5.08. The molecule has 7 heteroatoms. The van der Waals surface area contributed by atoms with Crippen LogP contribution in [0.15, 0.2) is 42.5 Å². The Morgan fingerprint density at radius 1 is 1.12 bits per heavy atom. The smallest absolute Gasteiger partial charge is 0.248 e. The maximum atomic E-state index is 14.1. The molecule has 2 saturated heterocycles. The van der Waals surface area contributed by atoms with Crippen molar-refractivity contribution in [1.29, 1.82) is 0 Å². The predicted octanol–water partition coefficient (Wildman–Crippen LogP) is 3.75. The molecule has 1 aromatic heterocycles. The van der Waals surface area contributed by atoms with Crippen molar-refractivity contribution in [1.82, 2.24) is 14.8 Å². The number of pyridine rings is 1. The summed E-state index contributed by atoms with van der Waals surface area (Å²) in [5.74, 6) is -0.113. The molecule has 2 aliphatic heterocycles. The summed E-state index contributed by atoms with van der Waals surface area (Å²) in [4.78, 5) is 34.4. The zero-order valence-electron chi connectivity index (χ0n) is 19.4. The zero-order chi connectivity index (χ0) is 23.4. The van der Waals surface area contributed by atoms with Crippen molar-refractivity contribution in [3.05, 3.63) is 65.2 Å². The first kappa shape index (κ1) is 23.4. The van der Waals surface area contributed by atoms with Crippen LogP contribution in [0.2, 0.25) is 0 Å². The molecule has 33 heavy (non-hydrogen) atoms. The Bertz CT molecular complexity index is 1000. The fraction of sp³-hybridized carbons (Fsp3) is 0.500. The summed E-state index contributed by atoms with van der Waals surface area (Å²) >= 11 is 0. The highest BCUT2D eigenvalue weighted by Crippen LogP contribution is 2.39. The van der Waals surface area contributed by atoms with E-state index in [0.29, 0.717) is 44.5 Å². The maximum absolute atomic E-state index is 14.1. The lowest BCUT2D eigenvalue weighted by atomic mass is 9.78. The highest BCUT2D eigenvalue weighted by Gasteiger charge is 2.44. The van der Waals surface area contributed by atoms with Gasteiger partial charge in [0.2, 0.25) is 11.8 Å². The quantitative estimate of drug-likeness (QED) is 0.668. The third-order valence-electron chi connectivity index (χ3n) is 7.02. The number of piperidine rings is 1. The number of amides is 2. The highest BCUT2D eigenvalue weighted by molar-refractivity contribution is 5.84. The van der Waals surface area contributed by atoms with E-state index in [1.165, 1.54) is 13.2 Å². The van der Waals surface area contributed by atoms with Gasteiger partial charge in [0.05, 0.1) is 11.7 Å². The second kappa shape index (κ2) is 10.00. The Labute approximate surface area is 194 Å². The summed E-state index contributed by atoms with van der Waals surface area (Å²) in [6.45, 7) is 3.95. The molecule has 2 amide bonds. The van der Waals surface area contributed by atoms with Crippen LogP contribution in [0.1, 0.15) is 55.6 Å². The zero-order valence-corrected chi connectivity index (χ0v) is 19.4. The normalized spacial score (nSPS) is 20.2. The summed E-state index contributed by atoms with van der Waals surface area (Å²) in [6.07, 6.45) is 3.52. The van der Waals surface area contributed by atoms with Crippen molar-refractivity contribution < 1.29 is 18.7 Å². The van der Waals surface area contributed by atoms with Gasteiger partial charge in [-0.25, -0.2) is 4.39 Å². The minimum atomic E-state index is -0.489. The minimum absolute atomic E-state index is 0.0260. The van der Waals surface area contributed by atoms with E-state index in [1.54, 1.807) is 17.0 Å². The number of carbonyl (C=O) groups excluding carboxylic acids is 2. The first-order valence-electron chi connectivity index (χ1n) is 11.7. The topological polar surface area (TPSA) is 62.7 Å². The lowest BCUT2D eigenvalue weighted by Gasteiger charge is -2.41. The van der Waals surface area contributed by atoms with Crippen molar-refractivity contribution in [2.45, 2.75) is 45.1 Å². The Morgan fingerprint density at radius 3 is 2.61 bits per heavy atom. The molecule has 3 heterocycles. The molecule has 0 aliphatic carbocycles. The van der Waals surface area contributed by atoms with E-state index in [-0.39, 0.29) is 30.3 Å². The first-order chi connectivity index (χ1) is 15.9. The Kier molecular flexibility index (Phi) is 7.08.